The third-order valence-electron chi connectivity index (χ3n) is 5.35. The second-order valence-electron chi connectivity index (χ2n) is 7.29. The molecule has 0 unspecified atom stereocenters. The third-order valence-corrected chi connectivity index (χ3v) is 5.35. The standard InChI is InChI=1S/C26H21FN2O2/c27-25-15-18(12-13-19(25)16-28)7-5-6-14-29-26(30)31-17-24-22-10-3-1-8-20(22)21-9-2-4-11-23(21)24/h1-5,7-13,15,24H,6,14,17H2,(H,29,30). The summed E-state index contributed by atoms with van der Waals surface area (Å²) in [6.07, 6.45) is 3.71. The maximum absolute atomic E-state index is 13.6. The number of hydrogen-bond donors (Lipinski definition) is 1. The Morgan fingerprint density at radius 3 is 2.39 bits per heavy atom. The van der Waals surface area contributed by atoms with Gasteiger partial charge in [-0.05, 0) is 46.4 Å². The molecule has 4 rings (SSSR count). The predicted molar refractivity (Wildman–Crippen MR) is 118 cm³/mol. The van der Waals surface area contributed by atoms with Crippen LogP contribution in [0.3, 0.4) is 0 Å². The molecular formula is C26H21FN2O2. The first-order valence-electron chi connectivity index (χ1n) is 10.1. The zero-order chi connectivity index (χ0) is 21.6. The van der Waals surface area contributed by atoms with Gasteiger partial charge in [-0.2, -0.15) is 5.26 Å². The molecule has 0 aliphatic heterocycles. The molecule has 0 saturated heterocycles. The molecule has 1 N–H and O–H groups in total. The Morgan fingerprint density at radius 1 is 1.06 bits per heavy atom. The van der Waals surface area contributed by atoms with E-state index in [1.165, 1.54) is 34.4 Å². The van der Waals surface area contributed by atoms with Crippen LogP contribution in [-0.4, -0.2) is 19.2 Å². The van der Waals surface area contributed by atoms with E-state index < -0.39 is 11.9 Å². The lowest BCUT2D eigenvalue weighted by Crippen LogP contribution is -2.26. The maximum atomic E-state index is 13.6. The number of hydrogen-bond acceptors (Lipinski definition) is 3. The van der Waals surface area contributed by atoms with Gasteiger partial charge in [0.05, 0.1) is 5.56 Å². The molecule has 0 atom stereocenters. The molecule has 0 heterocycles. The molecule has 3 aromatic rings. The van der Waals surface area contributed by atoms with Gasteiger partial charge in [0.2, 0.25) is 0 Å². The van der Waals surface area contributed by atoms with E-state index in [0.717, 1.165) is 0 Å². The summed E-state index contributed by atoms with van der Waals surface area (Å²) in [4.78, 5) is 12.1. The van der Waals surface area contributed by atoms with Gasteiger partial charge in [-0.15, -0.1) is 0 Å². The average molecular weight is 412 g/mol. The number of halogens is 1. The van der Waals surface area contributed by atoms with Crippen LogP contribution < -0.4 is 5.32 Å². The van der Waals surface area contributed by atoms with Gasteiger partial charge >= 0.3 is 6.09 Å². The molecule has 1 amide bonds. The van der Waals surface area contributed by atoms with E-state index in [1.54, 1.807) is 18.2 Å². The predicted octanol–water partition coefficient (Wildman–Crippen LogP) is 5.64. The second-order valence-corrected chi connectivity index (χ2v) is 7.29. The molecule has 0 spiro atoms. The van der Waals surface area contributed by atoms with Crippen LogP contribution in [0.1, 0.15) is 34.6 Å². The second kappa shape index (κ2) is 9.27. The van der Waals surface area contributed by atoms with E-state index in [4.69, 9.17) is 10.00 Å². The first-order valence-corrected chi connectivity index (χ1v) is 10.1. The van der Waals surface area contributed by atoms with Crippen molar-refractivity contribution in [3.63, 3.8) is 0 Å². The van der Waals surface area contributed by atoms with Gasteiger partial charge in [0.15, 0.2) is 0 Å². The van der Waals surface area contributed by atoms with Crippen molar-refractivity contribution < 1.29 is 13.9 Å². The van der Waals surface area contributed by atoms with E-state index in [1.807, 2.05) is 30.3 Å². The van der Waals surface area contributed by atoms with E-state index in [9.17, 15) is 9.18 Å². The van der Waals surface area contributed by atoms with Crippen molar-refractivity contribution in [3.05, 3.63) is 101 Å². The fourth-order valence-corrected chi connectivity index (χ4v) is 3.85. The maximum Gasteiger partial charge on any atom is 0.407 e. The largest absolute Gasteiger partial charge is 0.449 e. The lowest BCUT2D eigenvalue weighted by molar-refractivity contribution is 0.143. The molecular weight excluding hydrogens is 391 g/mol. The molecule has 5 heteroatoms. The molecule has 0 radical (unpaired) electrons. The third kappa shape index (κ3) is 4.49. The minimum absolute atomic E-state index is 0.0223. The number of nitrogens with one attached hydrogen (secondary N) is 1. The number of amides is 1. The van der Waals surface area contributed by atoms with E-state index >= 15 is 0 Å². The number of benzene rings is 3. The fraction of sp³-hybridized carbons (Fsp3) is 0.154. The highest BCUT2D eigenvalue weighted by atomic mass is 19.1. The molecule has 1 aliphatic rings. The number of carbonyl (C=O) groups is 1. The minimum atomic E-state index is -0.540. The van der Waals surface area contributed by atoms with Crippen LogP contribution >= 0.6 is 0 Å². The Kier molecular flexibility index (Phi) is 6.09. The van der Waals surface area contributed by atoms with E-state index in [0.29, 0.717) is 18.5 Å². The first-order chi connectivity index (χ1) is 15.2. The quantitative estimate of drug-likeness (QED) is 0.533. The van der Waals surface area contributed by atoms with Crippen molar-refractivity contribution in [1.82, 2.24) is 5.32 Å². The molecule has 4 nitrogen and oxygen atoms in total. The molecule has 0 fully saturated rings. The zero-order valence-electron chi connectivity index (χ0n) is 16.8. The topological polar surface area (TPSA) is 62.1 Å². The first kappa shape index (κ1) is 20.4. The molecule has 1 aliphatic carbocycles. The van der Waals surface area contributed by atoms with Crippen molar-refractivity contribution in [2.45, 2.75) is 12.3 Å². The summed E-state index contributed by atoms with van der Waals surface area (Å²) < 4.78 is 19.1. The Balaban J connectivity index is 1.27. The molecule has 154 valence electrons. The van der Waals surface area contributed by atoms with E-state index in [-0.39, 0.29) is 18.1 Å². The number of nitriles is 1. The summed E-state index contributed by atoms with van der Waals surface area (Å²) in [5.74, 6) is -0.509. The van der Waals surface area contributed by atoms with Crippen LogP contribution in [0, 0.1) is 17.1 Å². The summed E-state index contributed by atoms with van der Waals surface area (Å²) in [5.41, 5.74) is 5.42. The van der Waals surface area contributed by atoms with E-state index in [2.05, 4.69) is 29.6 Å². The Morgan fingerprint density at radius 2 is 1.74 bits per heavy atom. The summed E-state index contributed by atoms with van der Waals surface area (Å²) in [6.45, 7) is 0.687. The lowest BCUT2D eigenvalue weighted by Gasteiger charge is -2.14. The molecule has 31 heavy (non-hydrogen) atoms. The lowest BCUT2D eigenvalue weighted by atomic mass is 9.98. The summed E-state index contributed by atoms with van der Waals surface area (Å²) >= 11 is 0. The Bertz CT molecular complexity index is 1130. The number of carbonyl (C=O) groups excluding carboxylic acids is 1. The van der Waals surface area contributed by atoms with Gasteiger partial charge in [0, 0.05) is 12.5 Å². The summed E-state index contributed by atoms with van der Waals surface area (Å²) in [5, 5.41) is 11.5. The fourth-order valence-electron chi connectivity index (χ4n) is 3.85. The SMILES string of the molecule is N#Cc1ccc(C=CCCNC(=O)OCC2c3ccccc3-c3ccccc32)cc1F. The number of ether oxygens (including phenoxy) is 1. The number of nitrogens with zero attached hydrogens (tertiary/aromatic N) is 1. The van der Waals surface area contributed by atoms with Gasteiger partial charge in [0.1, 0.15) is 18.5 Å². The summed E-state index contributed by atoms with van der Waals surface area (Å²) in [7, 11) is 0. The van der Waals surface area contributed by atoms with Crippen LogP contribution in [0.25, 0.3) is 17.2 Å². The van der Waals surface area contributed by atoms with Gasteiger partial charge < -0.3 is 10.1 Å². The van der Waals surface area contributed by atoms with Crippen molar-refractivity contribution in [2.75, 3.05) is 13.2 Å². The smallest absolute Gasteiger partial charge is 0.407 e. The van der Waals surface area contributed by atoms with Crippen molar-refractivity contribution >= 4 is 12.2 Å². The van der Waals surface area contributed by atoms with Crippen LogP contribution in [0.5, 0.6) is 0 Å². The average Bonchev–Trinajstić information content (AvgIpc) is 3.11. The minimum Gasteiger partial charge on any atom is -0.449 e. The normalized spacial score (nSPS) is 12.3. The van der Waals surface area contributed by atoms with Crippen LogP contribution in [-0.2, 0) is 4.74 Å². The van der Waals surface area contributed by atoms with Crippen molar-refractivity contribution in [1.29, 1.82) is 5.26 Å². The highest BCUT2D eigenvalue weighted by Gasteiger charge is 2.28. The number of alkyl carbamates (subject to hydrolysis) is 1. The van der Waals surface area contributed by atoms with Gasteiger partial charge in [-0.3, -0.25) is 0 Å². The van der Waals surface area contributed by atoms with Gasteiger partial charge in [-0.1, -0.05) is 66.7 Å². The van der Waals surface area contributed by atoms with Crippen LogP contribution in [0.15, 0.2) is 72.8 Å². The Labute approximate surface area is 180 Å². The Hall–Kier alpha value is -3.91. The van der Waals surface area contributed by atoms with Gasteiger partial charge in [-0.25, -0.2) is 9.18 Å². The monoisotopic (exact) mass is 412 g/mol. The highest BCUT2D eigenvalue weighted by Crippen LogP contribution is 2.44. The van der Waals surface area contributed by atoms with Crippen molar-refractivity contribution in [2.24, 2.45) is 0 Å². The van der Waals surface area contributed by atoms with Crippen LogP contribution in [0.4, 0.5) is 9.18 Å². The number of fused-ring (bicyclic) bond motifs is 3. The number of rotatable bonds is 6. The molecule has 0 saturated carbocycles. The molecule has 3 aromatic carbocycles. The zero-order valence-corrected chi connectivity index (χ0v) is 16.8. The van der Waals surface area contributed by atoms with Crippen molar-refractivity contribution in [3.8, 4) is 17.2 Å². The molecule has 0 bridgehead atoms. The molecule has 0 aromatic heterocycles. The highest BCUT2D eigenvalue weighted by molar-refractivity contribution is 5.79. The van der Waals surface area contributed by atoms with Crippen LogP contribution in [0.2, 0.25) is 0 Å². The summed E-state index contributed by atoms with van der Waals surface area (Å²) in [6, 6.07) is 22.6. The van der Waals surface area contributed by atoms with Gasteiger partial charge in [0.25, 0.3) is 0 Å².